The third-order valence-corrected chi connectivity index (χ3v) is 8.16. The molecule has 2 saturated carbocycles. The number of carbonyl (C=O) groups is 2. The van der Waals surface area contributed by atoms with Crippen molar-refractivity contribution in [3.63, 3.8) is 0 Å². The van der Waals surface area contributed by atoms with Crippen molar-refractivity contribution in [3.8, 4) is 5.75 Å². The Labute approximate surface area is 197 Å². The van der Waals surface area contributed by atoms with E-state index >= 15 is 0 Å². The zero-order valence-corrected chi connectivity index (χ0v) is 20.0. The van der Waals surface area contributed by atoms with Crippen LogP contribution in [0.5, 0.6) is 5.75 Å². The van der Waals surface area contributed by atoms with Gasteiger partial charge in [-0.1, -0.05) is 12.1 Å². The van der Waals surface area contributed by atoms with E-state index in [9.17, 15) is 9.59 Å². The van der Waals surface area contributed by atoms with Crippen LogP contribution >= 0.6 is 0 Å². The second kappa shape index (κ2) is 9.55. The molecule has 33 heavy (non-hydrogen) atoms. The first-order chi connectivity index (χ1) is 16.0. The minimum Gasteiger partial charge on any atom is -0.494 e. The van der Waals surface area contributed by atoms with E-state index in [0.717, 1.165) is 107 Å². The molecule has 2 aliphatic carbocycles. The highest BCUT2D eigenvalue weighted by molar-refractivity contribution is 5.79. The van der Waals surface area contributed by atoms with Crippen LogP contribution in [0.2, 0.25) is 0 Å². The van der Waals surface area contributed by atoms with Gasteiger partial charge in [0.25, 0.3) is 0 Å². The number of benzene rings is 1. The molecule has 0 radical (unpaired) electrons. The molecular weight excluding hydrogens is 416 g/mol. The number of nitrogens with zero attached hydrogens (tertiary/aromatic N) is 2. The van der Waals surface area contributed by atoms with Crippen LogP contribution in [0.3, 0.4) is 0 Å². The Morgan fingerprint density at radius 2 is 1.70 bits per heavy atom. The SMILES string of the molecule is CC1(OC(=O)N2CCC([C@H]3C[C@H]3CCOc3ccc(CC(=O)N4CCCC4)cc3)CC2)CC1. The molecule has 2 atom stereocenters. The number of hydrogen-bond acceptors (Lipinski definition) is 4. The highest BCUT2D eigenvalue weighted by Gasteiger charge is 2.45. The largest absolute Gasteiger partial charge is 0.494 e. The van der Waals surface area contributed by atoms with Gasteiger partial charge in [-0.25, -0.2) is 4.79 Å². The minimum absolute atomic E-state index is 0.111. The van der Waals surface area contributed by atoms with Crippen molar-refractivity contribution in [2.45, 2.75) is 70.3 Å². The van der Waals surface area contributed by atoms with Crippen LogP contribution in [0.1, 0.15) is 63.9 Å². The maximum absolute atomic E-state index is 12.3. The molecule has 4 aliphatic rings. The molecule has 4 fully saturated rings. The molecular formula is C27H38N2O4. The lowest BCUT2D eigenvalue weighted by Crippen LogP contribution is -2.40. The Balaban J connectivity index is 0.973. The predicted octanol–water partition coefficient (Wildman–Crippen LogP) is 4.66. The summed E-state index contributed by atoms with van der Waals surface area (Å²) < 4.78 is 11.6. The quantitative estimate of drug-likeness (QED) is 0.573. The molecule has 0 N–H and O–H groups in total. The summed E-state index contributed by atoms with van der Waals surface area (Å²) in [4.78, 5) is 28.5. The third kappa shape index (κ3) is 5.82. The van der Waals surface area contributed by atoms with Gasteiger partial charge in [0.1, 0.15) is 11.4 Å². The molecule has 0 aromatic heterocycles. The third-order valence-electron chi connectivity index (χ3n) is 8.16. The lowest BCUT2D eigenvalue weighted by atomic mass is 9.91. The van der Waals surface area contributed by atoms with Crippen molar-refractivity contribution in [3.05, 3.63) is 29.8 Å². The summed E-state index contributed by atoms with van der Waals surface area (Å²) in [6, 6.07) is 8.03. The molecule has 0 bridgehead atoms. The maximum Gasteiger partial charge on any atom is 0.410 e. The van der Waals surface area contributed by atoms with Crippen LogP contribution in [0.4, 0.5) is 4.79 Å². The highest BCUT2D eigenvalue weighted by atomic mass is 16.6. The van der Waals surface area contributed by atoms with Gasteiger partial charge in [-0.15, -0.1) is 0 Å². The first kappa shape index (κ1) is 22.5. The van der Waals surface area contributed by atoms with Gasteiger partial charge in [0.05, 0.1) is 13.0 Å². The van der Waals surface area contributed by atoms with Gasteiger partial charge in [-0.3, -0.25) is 4.79 Å². The smallest absolute Gasteiger partial charge is 0.410 e. The number of hydrogen-bond donors (Lipinski definition) is 0. The highest BCUT2D eigenvalue weighted by Crippen LogP contribution is 2.50. The van der Waals surface area contributed by atoms with E-state index in [1.165, 1.54) is 6.42 Å². The Morgan fingerprint density at radius 3 is 2.36 bits per heavy atom. The monoisotopic (exact) mass is 454 g/mol. The van der Waals surface area contributed by atoms with Gasteiger partial charge in [0, 0.05) is 26.2 Å². The van der Waals surface area contributed by atoms with Crippen LogP contribution in [-0.4, -0.2) is 60.2 Å². The van der Waals surface area contributed by atoms with Crippen molar-refractivity contribution < 1.29 is 19.1 Å². The first-order valence-corrected chi connectivity index (χ1v) is 13.0. The molecule has 2 aliphatic heterocycles. The normalized spacial score (nSPS) is 26.2. The number of rotatable bonds is 8. The van der Waals surface area contributed by atoms with Crippen molar-refractivity contribution in [1.29, 1.82) is 0 Å². The molecule has 1 aromatic rings. The Kier molecular flexibility index (Phi) is 6.53. The average molecular weight is 455 g/mol. The molecule has 2 saturated heterocycles. The molecule has 6 heteroatoms. The molecule has 2 heterocycles. The van der Waals surface area contributed by atoms with Crippen molar-refractivity contribution in [2.24, 2.45) is 17.8 Å². The molecule has 0 spiro atoms. The van der Waals surface area contributed by atoms with E-state index in [1.807, 2.05) is 41.0 Å². The summed E-state index contributed by atoms with van der Waals surface area (Å²) >= 11 is 0. The van der Waals surface area contributed by atoms with Crippen molar-refractivity contribution in [1.82, 2.24) is 9.80 Å². The molecule has 0 unspecified atom stereocenters. The van der Waals surface area contributed by atoms with Crippen molar-refractivity contribution >= 4 is 12.0 Å². The summed E-state index contributed by atoms with van der Waals surface area (Å²) in [6.45, 7) is 6.27. The van der Waals surface area contributed by atoms with Gasteiger partial charge in [0.2, 0.25) is 5.91 Å². The summed E-state index contributed by atoms with van der Waals surface area (Å²) in [5, 5.41) is 0. The van der Waals surface area contributed by atoms with E-state index in [4.69, 9.17) is 9.47 Å². The zero-order chi connectivity index (χ0) is 22.8. The van der Waals surface area contributed by atoms with Gasteiger partial charge in [-0.2, -0.15) is 0 Å². The Bertz CT molecular complexity index is 836. The van der Waals surface area contributed by atoms with Crippen LogP contribution in [0, 0.1) is 17.8 Å². The Hall–Kier alpha value is -2.24. The molecule has 2 amide bonds. The fourth-order valence-corrected chi connectivity index (χ4v) is 5.53. The number of piperidine rings is 1. The number of carbonyl (C=O) groups excluding carboxylic acids is 2. The zero-order valence-electron chi connectivity index (χ0n) is 20.0. The standard InChI is InChI=1S/C27H38N2O4/c1-27(11-12-27)33-26(31)29-15-8-21(9-16-29)24-19-22(24)10-17-32-23-6-4-20(5-7-23)18-25(30)28-13-2-3-14-28/h4-7,21-22,24H,2-3,8-19H2,1H3/t22-,24-/m1/s1. The second-order valence-electron chi connectivity index (χ2n) is 10.8. The van der Waals surface area contributed by atoms with Gasteiger partial charge < -0.3 is 19.3 Å². The van der Waals surface area contributed by atoms with E-state index in [2.05, 4.69) is 0 Å². The predicted molar refractivity (Wildman–Crippen MR) is 126 cm³/mol. The van der Waals surface area contributed by atoms with Crippen LogP contribution in [0.25, 0.3) is 0 Å². The van der Waals surface area contributed by atoms with Crippen LogP contribution in [0.15, 0.2) is 24.3 Å². The van der Waals surface area contributed by atoms with E-state index < -0.39 is 0 Å². The Morgan fingerprint density at radius 1 is 1.00 bits per heavy atom. The molecule has 1 aromatic carbocycles. The van der Waals surface area contributed by atoms with Gasteiger partial charge >= 0.3 is 6.09 Å². The number of likely N-dealkylation sites (tertiary alicyclic amines) is 2. The first-order valence-electron chi connectivity index (χ1n) is 13.0. The minimum atomic E-state index is -0.180. The summed E-state index contributed by atoms with van der Waals surface area (Å²) in [5.74, 6) is 3.42. The average Bonchev–Trinajstić information content (AvgIpc) is 3.69. The van der Waals surface area contributed by atoms with Gasteiger partial charge in [0.15, 0.2) is 0 Å². The maximum atomic E-state index is 12.3. The molecule has 180 valence electrons. The number of ether oxygens (including phenoxy) is 2. The van der Waals surface area contributed by atoms with Gasteiger partial charge in [-0.05, 0) is 93.7 Å². The second-order valence-corrected chi connectivity index (χ2v) is 10.8. The molecule has 6 nitrogen and oxygen atoms in total. The van der Waals surface area contributed by atoms with E-state index in [1.54, 1.807) is 0 Å². The topological polar surface area (TPSA) is 59.1 Å². The van der Waals surface area contributed by atoms with Crippen LogP contribution in [-0.2, 0) is 16.0 Å². The van der Waals surface area contributed by atoms with Crippen LogP contribution < -0.4 is 4.74 Å². The summed E-state index contributed by atoms with van der Waals surface area (Å²) in [5.41, 5.74) is 0.879. The van der Waals surface area contributed by atoms with E-state index in [0.29, 0.717) is 6.42 Å². The fraction of sp³-hybridized carbons (Fsp3) is 0.704. The lowest BCUT2D eigenvalue weighted by Gasteiger charge is -2.32. The number of amides is 2. The molecule has 5 rings (SSSR count). The fourth-order valence-electron chi connectivity index (χ4n) is 5.53. The van der Waals surface area contributed by atoms with Crippen molar-refractivity contribution in [2.75, 3.05) is 32.8 Å². The summed E-state index contributed by atoms with van der Waals surface area (Å²) in [7, 11) is 0. The van der Waals surface area contributed by atoms with E-state index in [-0.39, 0.29) is 17.6 Å². The lowest BCUT2D eigenvalue weighted by molar-refractivity contribution is -0.129. The summed E-state index contributed by atoms with van der Waals surface area (Å²) in [6.07, 6.45) is 9.25.